The van der Waals surface area contributed by atoms with E-state index in [-0.39, 0.29) is 0 Å². The van der Waals surface area contributed by atoms with Crippen LogP contribution in [0.15, 0.2) is 28.9 Å². The number of nitrogens with zero attached hydrogens (tertiary/aromatic N) is 3. The second-order valence-electron chi connectivity index (χ2n) is 5.91. The zero-order valence-electron chi connectivity index (χ0n) is 13.4. The average molecular weight is 328 g/mol. The molecular formula is C17H20N4O3. The molecule has 4 rings (SSSR count). The largest absolute Gasteiger partial charge is 0.381 e. The lowest BCUT2D eigenvalue weighted by atomic mass is 10.1. The van der Waals surface area contributed by atoms with E-state index >= 15 is 0 Å². The number of aromatic amines is 1. The van der Waals surface area contributed by atoms with Crippen molar-refractivity contribution in [2.24, 2.45) is 0 Å². The fourth-order valence-electron chi connectivity index (χ4n) is 2.83. The van der Waals surface area contributed by atoms with Crippen LogP contribution in [0.1, 0.15) is 25.2 Å². The van der Waals surface area contributed by atoms with Crippen molar-refractivity contribution in [1.29, 1.82) is 0 Å². The molecule has 7 heteroatoms. The summed E-state index contributed by atoms with van der Waals surface area (Å²) in [6, 6.07) is 5.87. The molecular weight excluding hydrogens is 308 g/mol. The number of aryl methyl sites for hydroxylation is 1. The first-order valence-electron chi connectivity index (χ1n) is 8.35. The maximum Gasteiger partial charge on any atom is 0.227 e. The summed E-state index contributed by atoms with van der Waals surface area (Å²) in [4.78, 5) is 12.0. The molecule has 0 atom stereocenters. The Balaban J connectivity index is 1.31. The van der Waals surface area contributed by atoms with Gasteiger partial charge < -0.3 is 19.0 Å². The van der Waals surface area contributed by atoms with Crippen molar-refractivity contribution < 1.29 is 14.0 Å². The standard InChI is InChI=1S/C17H20N4O3/c1(9-23-13-6-10-22-11-7-13)2-15-20-17(21-24-15)14-4-3-12-5-8-18-16(12)19-14/h3-5,8,13H,1-2,6-7,9-11H2,(H,18,19). The van der Waals surface area contributed by atoms with Crippen molar-refractivity contribution in [1.82, 2.24) is 20.1 Å². The van der Waals surface area contributed by atoms with Gasteiger partial charge in [-0.15, -0.1) is 0 Å². The second kappa shape index (κ2) is 7.11. The molecule has 0 aromatic carbocycles. The zero-order chi connectivity index (χ0) is 16.2. The van der Waals surface area contributed by atoms with Gasteiger partial charge in [-0.1, -0.05) is 5.16 Å². The van der Waals surface area contributed by atoms with Gasteiger partial charge in [0.1, 0.15) is 11.3 Å². The topological polar surface area (TPSA) is 86.1 Å². The van der Waals surface area contributed by atoms with Gasteiger partial charge in [-0.25, -0.2) is 4.98 Å². The molecule has 0 radical (unpaired) electrons. The van der Waals surface area contributed by atoms with Gasteiger partial charge in [0.15, 0.2) is 0 Å². The lowest BCUT2D eigenvalue weighted by Crippen LogP contribution is -2.23. The van der Waals surface area contributed by atoms with Gasteiger partial charge in [0.25, 0.3) is 0 Å². The van der Waals surface area contributed by atoms with Crippen LogP contribution in [0, 0.1) is 0 Å². The van der Waals surface area contributed by atoms with Gasteiger partial charge >= 0.3 is 0 Å². The molecule has 7 nitrogen and oxygen atoms in total. The highest BCUT2D eigenvalue weighted by Gasteiger charge is 2.14. The van der Waals surface area contributed by atoms with Crippen LogP contribution >= 0.6 is 0 Å². The van der Waals surface area contributed by atoms with Crippen LogP contribution in [0.4, 0.5) is 0 Å². The third-order valence-corrected chi connectivity index (χ3v) is 4.16. The lowest BCUT2D eigenvalue weighted by Gasteiger charge is -2.22. The normalized spacial score (nSPS) is 16.0. The Bertz CT molecular complexity index is 792. The molecule has 126 valence electrons. The van der Waals surface area contributed by atoms with E-state index in [1.54, 1.807) is 0 Å². The van der Waals surface area contributed by atoms with Crippen molar-refractivity contribution in [2.75, 3.05) is 19.8 Å². The van der Waals surface area contributed by atoms with Crippen LogP contribution in [-0.4, -0.2) is 46.0 Å². The Morgan fingerprint density at radius 1 is 1.17 bits per heavy atom. The number of nitrogens with one attached hydrogen (secondary N) is 1. The Kier molecular flexibility index (Phi) is 4.53. The molecule has 0 spiro atoms. The predicted octanol–water partition coefficient (Wildman–Crippen LogP) is 2.74. The highest BCUT2D eigenvalue weighted by molar-refractivity contribution is 5.77. The summed E-state index contributed by atoms with van der Waals surface area (Å²) in [5.74, 6) is 1.14. The van der Waals surface area contributed by atoms with Gasteiger partial charge in [-0.05, 0) is 37.5 Å². The first kappa shape index (κ1) is 15.3. The lowest BCUT2D eigenvalue weighted by molar-refractivity contribution is -0.0325. The number of H-pyrrole nitrogens is 1. The predicted molar refractivity (Wildman–Crippen MR) is 87.5 cm³/mol. The van der Waals surface area contributed by atoms with Crippen molar-refractivity contribution in [2.45, 2.75) is 31.8 Å². The summed E-state index contributed by atoms with van der Waals surface area (Å²) in [6.45, 7) is 2.31. The van der Waals surface area contributed by atoms with E-state index in [9.17, 15) is 0 Å². The van der Waals surface area contributed by atoms with E-state index in [1.807, 2.05) is 24.4 Å². The minimum absolute atomic E-state index is 0.328. The monoisotopic (exact) mass is 328 g/mol. The number of hydrogen-bond donors (Lipinski definition) is 1. The number of pyridine rings is 1. The highest BCUT2D eigenvalue weighted by atomic mass is 16.5. The molecule has 0 saturated carbocycles. The highest BCUT2D eigenvalue weighted by Crippen LogP contribution is 2.18. The Hall–Kier alpha value is -2.25. The SMILES string of the molecule is c1cc2ccc(-c3noc(CCCOC4CCOCC4)n3)nc2[nH]1. The quantitative estimate of drug-likeness (QED) is 0.700. The van der Waals surface area contributed by atoms with Crippen LogP contribution in [0.3, 0.4) is 0 Å². The number of aromatic nitrogens is 4. The van der Waals surface area contributed by atoms with Crippen LogP contribution < -0.4 is 0 Å². The summed E-state index contributed by atoms with van der Waals surface area (Å²) in [7, 11) is 0. The van der Waals surface area contributed by atoms with Crippen LogP contribution in [0.25, 0.3) is 22.6 Å². The van der Waals surface area contributed by atoms with Gasteiger partial charge in [0.2, 0.25) is 11.7 Å². The molecule has 0 bridgehead atoms. The van der Waals surface area contributed by atoms with Gasteiger partial charge in [0.05, 0.1) is 6.10 Å². The minimum Gasteiger partial charge on any atom is -0.381 e. The number of hydrogen-bond acceptors (Lipinski definition) is 6. The molecule has 1 N–H and O–H groups in total. The number of rotatable bonds is 6. The summed E-state index contributed by atoms with van der Waals surface area (Å²) < 4.78 is 16.5. The molecule has 1 saturated heterocycles. The molecule has 1 fully saturated rings. The Morgan fingerprint density at radius 3 is 3.00 bits per heavy atom. The third kappa shape index (κ3) is 3.47. The Labute approximate surface area is 139 Å². The van der Waals surface area contributed by atoms with Gasteiger partial charge in [0, 0.05) is 37.8 Å². The maximum atomic E-state index is 5.85. The van der Waals surface area contributed by atoms with E-state index in [0.29, 0.717) is 36.5 Å². The fraction of sp³-hybridized carbons (Fsp3) is 0.471. The van der Waals surface area contributed by atoms with Crippen LogP contribution in [0.2, 0.25) is 0 Å². The zero-order valence-corrected chi connectivity index (χ0v) is 13.4. The van der Waals surface area contributed by atoms with E-state index in [1.165, 1.54) is 0 Å². The van der Waals surface area contributed by atoms with E-state index < -0.39 is 0 Å². The molecule has 24 heavy (non-hydrogen) atoms. The van der Waals surface area contributed by atoms with E-state index in [0.717, 1.165) is 43.5 Å². The first-order chi connectivity index (χ1) is 11.9. The molecule has 3 aromatic rings. The minimum atomic E-state index is 0.328. The smallest absolute Gasteiger partial charge is 0.227 e. The van der Waals surface area contributed by atoms with Crippen LogP contribution in [0.5, 0.6) is 0 Å². The molecule has 0 aliphatic carbocycles. The van der Waals surface area contributed by atoms with Crippen LogP contribution in [-0.2, 0) is 15.9 Å². The van der Waals surface area contributed by atoms with E-state index in [2.05, 4.69) is 20.1 Å². The Morgan fingerprint density at radius 2 is 2.08 bits per heavy atom. The van der Waals surface area contributed by atoms with Gasteiger partial charge in [-0.2, -0.15) is 4.98 Å². The molecule has 1 aliphatic rings. The van der Waals surface area contributed by atoms with E-state index in [4.69, 9.17) is 14.0 Å². The summed E-state index contributed by atoms with van der Waals surface area (Å²) in [5.41, 5.74) is 1.53. The summed E-state index contributed by atoms with van der Waals surface area (Å²) >= 11 is 0. The summed E-state index contributed by atoms with van der Waals surface area (Å²) in [5, 5.41) is 5.09. The average Bonchev–Trinajstić information content (AvgIpc) is 3.28. The van der Waals surface area contributed by atoms with Crippen molar-refractivity contribution in [3.63, 3.8) is 0 Å². The third-order valence-electron chi connectivity index (χ3n) is 4.16. The molecule has 0 amide bonds. The van der Waals surface area contributed by atoms with Crippen molar-refractivity contribution >= 4 is 11.0 Å². The molecule has 4 heterocycles. The number of fused-ring (bicyclic) bond motifs is 1. The fourth-order valence-corrected chi connectivity index (χ4v) is 2.83. The van der Waals surface area contributed by atoms with Crippen molar-refractivity contribution in [3.05, 3.63) is 30.3 Å². The molecule has 1 aliphatic heterocycles. The molecule has 3 aromatic heterocycles. The number of ether oxygens (including phenoxy) is 2. The summed E-state index contributed by atoms with van der Waals surface area (Å²) in [6.07, 6.45) is 5.73. The molecule has 0 unspecified atom stereocenters. The first-order valence-corrected chi connectivity index (χ1v) is 8.35. The second-order valence-corrected chi connectivity index (χ2v) is 5.91. The maximum absolute atomic E-state index is 5.85. The van der Waals surface area contributed by atoms with Crippen molar-refractivity contribution in [3.8, 4) is 11.5 Å². The van der Waals surface area contributed by atoms with Gasteiger partial charge in [-0.3, -0.25) is 0 Å².